The van der Waals surface area contributed by atoms with Crippen LogP contribution in [-0.2, 0) is 0 Å². The standard InChI is InChI=1S/C30H26Cl2N4O/c31-19-5-9-21(10-6-19)33-26-17-28-30(18-27(26)34-22-11-15-24(37)16-12-22)36(23-13-7-20(32)8-14-23)29-4-2-1-3-25(29)35-28/h1-10,13-14,17-18,22,24,33,37H,11-12,15-16H2. The van der Waals surface area contributed by atoms with Crippen molar-refractivity contribution in [2.24, 2.45) is 4.99 Å². The van der Waals surface area contributed by atoms with Crippen LogP contribution in [0.5, 0.6) is 0 Å². The second kappa shape index (κ2) is 10.2. The third-order valence-corrected chi connectivity index (χ3v) is 7.40. The largest absolute Gasteiger partial charge is 0.393 e. The number of nitrogens with zero attached hydrogens (tertiary/aromatic N) is 3. The summed E-state index contributed by atoms with van der Waals surface area (Å²) in [4.78, 5) is 10.2. The Morgan fingerprint density at radius 2 is 1.51 bits per heavy atom. The van der Waals surface area contributed by atoms with Crippen LogP contribution in [0.25, 0.3) is 28.1 Å². The summed E-state index contributed by atoms with van der Waals surface area (Å²) in [5, 5.41) is 15.8. The van der Waals surface area contributed by atoms with E-state index in [0.717, 1.165) is 70.5 Å². The molecule has 0 bridgehead atoms. The molecule has 0 radical (unpaired) electrons. The smallest absolute Gasteiger partial charge is 0.0900 e. The Kier molecular flexibility index (Phi) is 6.59. The lowest BCUT2D eigenvalue weighted by Crippen LogP contribution is -2.24. The zero-order valence-corrected chi connectivity index (χ0v) is 21.6. The van der Waals surface area contributed by atoms with Gasteiger partial charge >= 0.3 is 0 Å². The molecule has 3 aromatic rings. The third kappa shape index (κ3) is 5.08. The minimum atomic E-state index is -0.225. The first-order valence-electron chi connectivity index (χ1n) is 12.5. The number of aliphatic hydroxyl groups is 1. The summed E-state index contributed by atoms with van der Waals surface area (Å²) in [5.41, 5.74) is 6.51. The van der Waals surface area contributed by atoms with Gasteiger partial charge in [0.1, 0.15) is 0 Å². The molecule has 1 saturated carbocycles. The molecule has 0 amide bonds. The molecular formula is C30H26Cl2N4O. The number of benzene rings is 4. The van der Waals surface area contributed by atoms with Crippen LogP contribution in [0.1, 0.15) is 25.7 Å². The summed E-state index contributed by atoms with van der Waals surface area (Å²) in [6.07, 6.45) is 3.06. The molecule has 37 heavy (non-hydrogen) atoms. The van der Waals surface area contributed by atoms with Crippen molar-refractivity contribution >= 4 is 45.6 Å². The molecule has 0 aromatic heterocycles. The molecule has 1 fully saturated rings. The van der Waals surface area contributed by atoms with E-state index >= 15 is 0 Å². The highest BCUT2D eigenvalue weighted by molar-refractivity contribution is 6.30. The number of para-hydroxylation sites is 2. The lowest BCUT2D eigenvalue weighted by molar-refractivity contribution is 0.123. The number of fused-ring (bicyclic) bond motifs is 2. The van der Waals surface area contributed by atoms with Crippen LogP contribution in [0, 0.1) is 0 Å². The van der Waals surface area contributed by atoms with Crippen molar-refractivity contribution in [2.45, 2.75) is 37.8 Å². The van der Waals surface area contributed by atoms with Crippen LogP contribution in [-0.4, -0.2) is 26.8 Å². The molecule has 0 saturated heterocycles. The topological polar surface area (TPSA) is 62.4 Å². The summed E-state index contributed by atoms with van der Waals surface area (Å²) in [7, 11) is 0. The maximum Gasteiger partial charge on any atom is 0.0900 e. The minimum absolute atomic E-state index is 0.156. The van der Waals surface area contributed by atoms with E-state index in [1.54, 1.807) is 0 Å². The lowest BCUT2D eigenvalue weighted by atomic mass is 9.93. The Hall–Kier alpha value is -3.38. The van der Waals surface area contributed by atoms with Crippen molar-refractivity contribution < 1.29 is 5.11 Å². The zero-order valence-electron chi connectivity index (χ0n) is 20.1. The quantitative estimate of drug-likeness (QED) is 0.239. The van der Waals surface area contributed by atoms with Gasteiger partial charge < -0.3 is 15.0 Å². The highest BCUT2D eigenvalue weighted by atomic mass is 35.5. The second-order valence-corrected chi connectivity index (χ2v) is 10.4. The van der Waals surface area contributed by atoms with E-state index in [2.05, 4.69) is 28.1 Å². The maximum absolute atomic E-state index is 10.0. The zero-order chi connectivity index (χ0) is 25.4. The van der Waals surface area contributed by atoms with Crippen molar-refractivity contribution in [3.63, 3.8) is 0 Å². The predicted octanol–water partition coefficient (Wildman–Crippen LogP) is 7.38. The number of rotatable bonds is 4. The Bertz CT molecular complexity index is 1590. The summed E-state index contributed by atoms with van der Waals surface area (Å²) in [5.74, 6) is 0. The molecule has 7 heteroatoms. The number of halogens is 2. The molecule has 2 N–H and O–H groups in total. The summed E-state index contributed by atoms with van der Waals surface area (Å²) in [6.45, 7) is 0. The Morgan fingerprint density at radius 1 is 0.838 bits per heavy atom. The SMILES string of the molecule is OC1CCC(N=c2cc3n(-c4ccc(Cl)cc4)c4ccccc4nc-3cc2Nc2ccc(Cl)cc2)CC1. The highest BCUT2D eigenvalue weighted by Crippen LogP contribution is 2.31. The molecule has 1 heterocycles. The Balaban J connectivity index is 1.59. The van der Waals surface area contributed by atoms with E-state index in [4.69, 9.17) is 33.2 Å². The monoisotopic (exact) mass is 528 g/mol. The van der Waals surface area contributed by atoms with Gasteiger partial charge in [0.05, 0.1) is 45.6 Å². The lowest BCUT2D eigenvalue weighted by Gasteiger charge is -2.23. The van der Waals surface area contributed by atoms with Crippen molar-refractivity contribution in [1.29, 1.82) is 0 Å². The van der Waals surface area contributed by atoms with Crippen molar-refractivity contribution in [3.8, 4) is 17.1 Å². The van der Waals surface area contributed by atoms with E-state index in [9.17, 15) is 5.11 Å². The van der Waals surface area contributed by atoms with Gasteiger partial charge in [0, 0.05) is 21.4 Å². The fourth-order valence-electron chi connectivity index (χ4n) is 4.99. The molecule has 2 aliphatic carbocycles. The van der Waals surface area contributed by atoms with Crippen LogP contribution in [0.3, 0.4) is 0 Å². The molecular weight excluding hydrogens is 503 g/mol. The van der Waals surface area contributed by atoms with Crippen LogP contribution >= 0.6 is 23.2 Å². The molecule has 0 unspecified atom stereocenters. The predicted molar refractivity (Wildman–Crippen MR) is 151 cm³/mol. The van der Waals surface area contributed by atoms with Crippen LogP contribution in [0.15, 0.2) is 89.9 Å². The second-order valence-electron chi connectivity index (χ2n) is 9.49. The van der Waals surface area contributed by atoms with Gasteiger partial charge in [-0.1, -0.05) is 35.3 Å². The number of hydrogen-bond acceptors (Lipinski definition) is 4. The van der Waals surface area contributed by atoms with Gasteiger partial charge in [-0.05, 0) is 98.5 Å². The molecule has 3 aromatic carbocycles. The van der Waals surface area contributed by atoms with Gasteiger partial charge in [0.15, 0.2) is 0 Å². The number of aliphatic hydroxyl groups excluding tert-OH is 1. The molecule has 0 spiro atoms. The fraction of sp³-hybridized carbons (Fsp3) is 0.200. The van der Waals surface area contributed by atoms with Crippen LogP contribution in [0.4, 0.5) is 11.4 Å². The first kappa shape index (κ1) is 24.0. The van der Waals surface area contributed by atoms with E-state index in [0.29, 0.717) is 10.0 Å². The summed E-state index contributed by atoms with van der Waals surface area (Å²) < 4.78 is 2.21. The normalized spacial score (nSPS) is 18.4. The Morgan fingerprint density at radius 3 is 2.24 bits per heavy atom. The summed E-state index contributed by atoms with van der Waals surface area (Å²) in [6, 6.07) is 28.0. The molecule has 6 rings (SSSR count). The van der Waals surface area contributed by atoms with E-state index in [1.807, 2.05) is 66.7 Å². The highest BCUT2D eigenvalue weighted by Gasteiger charge is 2.20. The first-order chi connectivity index (χ1) is 18.0. The minimum Gasteiger partial charge on any atom is -0.393 e. The first-order valence-corrected chi connectivity index (χ1v) is 13.2. The van der Waals surface area contributed by atoms with Crippen molar-refractivity contribution in [3.05, 3.63) is 100 Å². The molecule has 3 aliphatic rings. The number of anilines is 2. The van der Waals surface area contributed by atoms with Crippen LogP contribution in [0.2, 0.25) is 10.0 Å². The van der Waals surface area contributed by atoms with Gasteiger partial charge in [0.25, 0.3) is 0 Å². The van der Waals surface area contributed by atoms with E-state index < -0.39 is 0 Å². The molecule has 1 aliphatic heterocycles. The van der Waals surface area contributed by atoms with Crippen molar-refractivity contribution in [1.82, 2.24) is 9.55 Å². The van der Waals surface area contributed by atoms with E-state index in [1.165, 1.54) is 0 Å². The number of hydrogen-bond donors (Lipinski definition) is 2. The van der Waals surface area contributed by atoms with E-state index in [-0.39, 0.29) is 12.1 Å². The molecule has 0 atom stereocenters. The van der Waals surface area contributed by atoms with Gasteiger partial charge in [-0.2, -0.15) is 0 Å². The fourth-order valence-corrected chi connectivity index (χ4v) is 5.24. The molecule has 5 nitrogen and oxygen atoms in total. The van der Waals surface area contributed by atoms with Gasteiger partial charge in [0.2, 0.25) is 0 Å². The average Bonchev–Trinajstić information content (AvgIpc) is 2.91. The number of nitrogens with one attached hydrogen (secondary N) is 1. The third-order valence-electron chi connectivity index (χ3n) is 6.89. The average molecular weight is 529 g/mol. The maximum atomic E-state index is 10.0. The van der Waals surface area contributed by atoms with Crippen molar-refractivity contribution in [2.75, 3.05) is 5.32 Å². The van der Waals surface area contributed by atoms with Crippen LogP contribution < -0.4 is 10.7 Å². The Labute approximate surface area is 225 Å². The van der Waals surface area contributed by atoms with Gasteiger partial charge in [-0.25, -0.2) is 4.98 Å². The number of aromatic nitrogens is 2. The van der Waals surface area contributed by atoms with Gasteiger partial charge in [-0.3, -0.25) is 4.99 Å². The summed E-state index contributed by atoms with van der Waals surface area (Å²) >= 11 is 12.3. The molecule has 186 valence electrons. The van der Waals surface area contributed by atoms with Gasteiger partial charge in [-0.15, -0.1) is 0 Å².